The SMILES string of the molecule is CCC1CCCCC1(CN)N1CCN(C(C)(C)C)CC1. The fourth-order valence-electron chi connectivity index (χ4n) is 4.52. The Morgan fingerprint density at radius 3 is 2.25 bits per heavy atom. The van der Waals surface area contributed by atoms with E-state index in [4.69, 9.17) is 5.73 Å². The summed E-state index contributed by atoms with van der Waals surface area (Å²) < 4.78 is 0. The van der Waals surface area contributed by atoms with Gasteiger partial charge < -0.3 is 5.73 Å². The van der Waals surface area contributed by atoms with Gasteiger partial charge in [-0.2, -0.15) is 0 Å². The van der Waals surface area contributed by atoms with Crippen molar-refractivity contribution in [3.8, 4) is 0 Å². The van der Waals surface area contributed by atoms with Gasteiger partial charge >= 0.3 is 0 Å². The number of hydrogen-bond donors (Lipinski definition) is 1. The van der Waals surface area contributed by atoms with Crippen LogP contribution in [0.5, 0.6) is 0 Å². The van der Waals surface area contributed by atoms with Crippen molar-refractivity contribution < 1.29 is 0 Å². The second-order valence-corrected chi connectivity index (χ2v) is 7.80. The molecule has 2 atom stereocenters. The number of nitrogens with two attached hydrogens (primary N) is 1. The lowest BCUT2D eigenvalue weighted by Crippen LogP contribution is -2.65. The average molecular weight is 281 g/mol. The summed E-state index contributed by atoms with van der Waals surface area (Å²) in [4.78, 5) is 5.38. The molecule has 0 bridgehead atoms. The molecule has 0 aromatic heterocycles. The third-order valence-electron chi connectivity index (χ3n) is 5.88. The van der Waals surface area contributed by atoms with Crippen LogP contribution in [0.25, 0.3) is 0 Å². The van der Waals surface area contributed by atoms with Crippen molar-refractivity contribution in [3.05, 3.63) is 0 Å². The van der Waals surface area contributed by atoms with Gasteiger partial charge in [0, 0.05) is 43.8 Å². The quantitative estimate of drug-likeness (QED) is 0.863. The van der Waals surface area contributed by atoms with Crippen LogP contribution in [-0.4, -0.2) is 53.6 Å². The summed E-state index contributed by atoms with van der Waals surface area (Å²) in [5.41, 5.74) is 6.91. The first-order valence-corrected chi connectivity index (χ1v) is 8.64. The molecule has 1 saturated carbocycles. The second kappa shape index (κ2) is 6.33. The highest BCUT2D eigenvalue weighted by Crippen LogP contribution is 2.40. The first kappa shape index (κ1) is 16.3. The summed E-state index contributed by atoms with van der Waals surface area (Å²) in [6, 6.07) is 0. The van der Waals surface area contributed by atoms with Crippen LogP contribution in [0.3, 0.4) is 0 Å². The highest BCUT2D eigenvalue weighted by atomic mass is 15.3. The predicted molar refractivity (Wildman–Crippen MR) is 86.9 cm³/mol. The molecule has 3 heteroatoms. The van der Waals surface area contributed by atoms with E-state index in [1.807, 2.05) is 0 Å². The van der Waals surface area contributed by atoms with E-state index >= 15 is 0 Å². The summed E-state index contributed by atoms with van der Waals surface area (Å²) in [6.07, 6.45) is 6.76. The van der Waals surface area contributed by atoms with Gasteiger partial charge in [0.2, 0.25) is 0 Å². The van der Waals surface area contributed by atoms with E-state index in [0.717, 1.165) is 12.5 Å². The standard InChI is InChI=1S/C17H35N3/c1-5-15-8-6-7-9-17(15,14-18)20-12-10-19(11-13-20)16(2,3)4/h15H,5-14,18H2,1-4H3. The van der Waals surface area contributed by atoms with Crippen molar-refractivity contribution in [2.24, 2.45) is 11.7 Å². The smallest absolute Gasteiger partial charge is 0.0360 e. The Bertz CT molecular complexity index is 302. The molecular weight excluding hydrogens is 246 g/mol. The normalized spacial score (nSPS) is 34.4. The molecule has 2 unspecified atom stereocenters. The van der Waals surface area contributed by atoms with Crippen LogP contribution in [0.2, 0.25) is 0 Å². The Hall–Kier alpha value is -0.120. The molecule has 118 valence electrons. The fourth-order valence-corrected chi connectivity index (χ4v) is 4.52. The van der Waals surface area contributed by atoms with Gasteiger partial charge in [-0.3, -0.25) is 9.80 Å². The zero-order valence-electron chi connectivity index (χ0n) is 14.1. The Kier molecular flexibility index (Phi) is 5.14. The third-order valence-corrected chi connectivity index (χ3v) is 5.88. The van der Waals surface area contributed by atoms with Gasteiger partial charge in [0.05, 0.1) is 0 Å². The van der Waals surface area contributed by atoms with Gasteiger partial charge in [0.25, 0.3) is 0 Å². The Labute approximate surface area is 125 Å². The van der Waals surface area contributed by atoms with Crippen molar-refractivity contribution in [1.29, 1.82) is 0 Å². The van der Waals surface area contributed by atoms with Crippen LogP contribution in [0.4, 0.5) is 0 Å². The minimum atomic E-state index is 0.303. The zero-order valence-corrected chi connectivity index (χ0v) is 14.1. The van der Waals surface area contributed by atoms with Crippen LogP contribution < -0.4 is 5.73 Å². The lowest BCUT2D eigenvalue weighted by atomic mass is 9.70. The highest BCUT2D eigenvalue weighted by molar-refractivity contribution is 5.01. The number of nitrogens with zero attached hydrogens (tertiary/aromatic N) is 2. The summed E-state index contributed by atoms with van der Waals surface area (Å²) >= 11 is 0. The molecule has 20 heavy (non-hydrogen) atoms. The lowest BCUT2D eigenvalue weighted by Gasteiger charge is -2.54. The van der Waals surface area contributed by atoms with Gasteiger partial charge in [-0.05, 0) is 39.5 Å². The fraction of sp³-hybridized carbons (Fsp3) is 1.00. The van der Waals surface area contributed by atoms with Gasteiger partial charge in [0.1, 0.15) is 0 Å². The average Bonchev–Trinajstić information content (AvgIpc) is 2.46. The molecule has 3 nitrogen and oxygen atoms in total. The van der Waals surface area contributed by atoms with E-state index < -0.39 is 0 Å². The van der Waals surface area contributed by atoms with Gasteiger partial charge in [-0.1, -0.05) is 26.2 Å². The monoisotopic (exact) mass is 281 g/mol. The Morgan fingerprint density at radius 1 is 1.10 bits per heavy atom. The van der Waals surface area contributed by atoms with Gasteiger partial charge in [-0.15, -0.1) is 0 Å². The molecule has 0 aromatic rings. The minimum Gasteiger partial charge on any atom is -0.329 e. The Balaban J connectivity index is 2.06. The van der Waals surface area contributed by atoms with E-state index in [2.05, 4.69) is 37.5 Å². The summed E-state index contributed by atoms with van der Waals surface area (Å²) in [6.45, 7) is 15.0. The van der Waals surface area contributed by atoms with Crippen molar-refractivity contribution >= 4 is 0 Å². The van der Waals surface area contributed by atoms with Crippen molar-refractivity contribution in [2.45, 2.75) is 70.9 Å². The first-order chi connectivity index (χ1) is 9.44. The van der Waals surface area contributed by atoms with Crippen molar-refractivity contribution in [1.82, 2.24) is 9.80 Å². The zero-order chi connectivity index (χ0) is 14.8. The second-order valence-electron chi connectivity index (χ2n) is 7.80. The molecule has 0 aromatic carbocycles. The number of rotatable bonds is 3. The molecular formula is C17H35N3. The molecule has 2 aliphatic rings. The molecule has 2 N–H and O–H groups in total. The molecule has 0 spiro atoms. The summed E-state index contributed by atoms with van der Waals surface area (Å²) in [5.74, 6) is 0.808. The van der Waals surface area contributed by atoms with Crippen LogP contribution in [0.15, 0.2) is 0 Å². The van der Waals surface area contributed by atoms with Gasteiger partial charge in [-0.25, -0.2) is 0 Å². The number of piperazine rings is 1. The molecule has 2 fully saturated rings. The predicted octanol–water partition coefficient (Wildman–Crippen LogP) is 2.70. The van der Waals surface area contributed by atoms with E-state index in [1.165, 1.54) is 58.3 Å². The first-order valence-electron chi connectivity index (χ1n) is 8.64. The maximum Gasteiger partial charge on any atom is 0.0360 e. The third kappa shape index (κ3) is 3.05. The molecule has 0 radical (unpaired) electrons. The minimum absolute atomic E-state index is 0.303. The molecule has 2 rings (SSSR count). The summed E-state index contributed by atoms with van der Waals surface area (Å²) in [7, 11) is 0. The molecule has 1 aliphatic heterocycles. The molecule has 1 saturated heterocycles. The van der Waals surface area contributed by atoms with Crippen LogP contribution in [0, 0.1) is 5.92 Å². The van der Waals surface area contributed by atoms with E-state index in [0.29, 0.717) is 11.1 Å². The van der Waals surface area contributed by atoms with Crippen LogP contribution in [0.1, 0.15) is 59.8 Å². The van der Waals surface area contributed by atoms with Crippen LogP contribution >= 0.6 is 0 Å². The Morgan fingerprint density at radius 2 is 1.75 bits per heavy atom. The topological polar surface area (TPSA) is 32.5 Å². The lowest BCUT2D eigenvalue weighted by molar-refractivity contribution is -0.0420. The van der Waals surface area contributed by atoms with E-state index in [9.17, 15) is 0 Å². The largest absolute Gasteiger partial charge is 0.329 e. The highest BCUT2D eigenvalue weighted by Gasteiger charge is 2.44. The van der Waals surface area contributed by atoms with E-state index in [1.54, 1.807) is 0 Å². The van der Waals surface area contributed by atoms with Gasteiger partial charge in [0.15, 0.2) is 0 Å². The van der Waals surface area contributed by atoms with Crippen LogP contribution in [-0.2, 0) is 0 Å². The molecule has 0 amide bonds. The van der Waals surface area contributed by atoms with Crippen molar-refractivity contribution in [3.63, 3.8) is 0 Å². The molecule has 1 aliphatic carbocycles. The molecule has 1 heterocycles. The maximum absolute atomic E-state index is 6.30. The van der Waals surface area contributed by atoms with Crippen molar-refractivity contribution in [2.75, 3.05) is 32.7 Å². The number of hydrogen-bond acceptors (Lipinski definition) is 3. The van der Waals surface area contributed by atoms with E-state index in [-0.39, 0.29) is 0 Å². The summed E-state index contributed by atoms with van der Waals surface area (Å²) in [5, 5.41) is 0. The maximum atomic E-state index is 6.30.